The molecule has 5 nitrogen and oxygen atoms in total. The third-order valence-corrected chi connectivity index (χ3v) is 4.96. The second kappa shape index (κ2) is 4.20. The fourth-order valence-electron chi connectivity index (χ4n) is 3.97. The van der Waals surface area contributed by atoms with E-state index in [4.69, 9.17) is 4.74 Å². The van der Waals surface area contributed by atoms with Crippen LogP contribution in [0.1, 0.15) is 36.2 Å². The predicted molar refractivity (Wildman–Crippen MR) is 84.1 cm³/mol. The van der Waals surface area contributed by atoms with Crippen LogP contribution in [0.15, 0.2) is 36.4 Å². The summed E-state index contributed by atoms with van der Waals surface area (Å²) in [5.74, 6) is -0.0797. The summed E-state index contributed by atoms with van der Waals surface area (Å²) in [5, 5.41) is 33.5. The van der Waals surface area contributed by atoms with Gasteiger partial charge in [-0.3, -0.25) is 0 Å². The minimum absolute atomic E-state index is 0.0104. The van der Waals surface area contributed by atoms with Crippen LogP contribution < -0.4 is 0 Å². The summed E-state index contributed by atoms with van der Waals surface area (Å²) in [4.78, 5) is 0. The molecule has 23 heavy (non-hydrogen) atoms. The fraction of sp³-hybridized carbons (Fsp3) is 0.222. The molecule has 5 rings (SSSR count). The molecule has 3 aromatic rings. The van der Waals surface area contributed by atoms with Gasteiger partial charge in [-0.15, -0.1) is 0 Å². The van der Waals surface area contributed by atoms with Crippen molar-refractivity contribution in [3.05, 3.63) is 47.5 Å². The van der Waals surface area contributed by atoms with Crippen LogP contribution in [0.5, 0.6) is 17.5 Å². The minimum atomic E-state index is -0.167. The van der Waals surface area contributed by atoms with Crippen molar-refractivity contribution < 1.29 is 20.1 Å². The lowest BCUT2D eigenvalue weighted by atomic mass is 9.95. The zero-order chi connectivity index (χ0) is 15.7. The lowest BCUT2D eigenvalue weighted by Crippen LogP contribution is -1.98. The number of aromatic hydroxyl groups is 3. The molecule has 0 spiro atoms. The number of phenols is 1. The van der Waals surface area contributed by atoms with Crippen LogP contribution in [0.4, 0.5) is 0 Å². The van der Waals surface area contributed by atoms with Gasteiger partial charge in [-0.05, 0) is 24.3 Å². The quantitative estimate of drug-likeness (QED) is 0.641. The third-order valence-electron chi connectivity index (χ3n) is 4.96. The van der Waals surface area contributed by atoms with Gasteiger partial charge in [-0.1, -0.05) is 30.3 Å². The van der Waals surface area contributed by atoms with E-state index in [9.17, 15) is 15.3 Å². The van der Waals surface area contributed by atoms with Gasteiger partial charge >= 0.3 is 0 Å². The van der Waals surface area contributed by atoms with E-state index >= 15 is 0 Å². The first-order valence-electron chi connectivity index (χ1n) is 7.69. The highest BCUT2D eigenvalue weighted by molar-refractivity contribution is 5.93. The van der Waals surface area contributed by atoms with Gasteiger partial charge in [0.15, 0.2) is 0 Å². The summed E-state index contributed by atoms with van der Waals surface area (Å²) in [6.07, 6.45) is 1.35. The van der Waals surface area contributed by atoms with Crippen LogP contribution in [-0.2, 0) is 4.74 Å². The summed E-state index contributed by atoms with van der Waals surface area (Å²) in [5.41, 5.74) is 1.71. The Kier molecular flexibility index (Phi) is 2.35. The van der Waals surface area contributed by atoms with E-state index in [-0.39, 0.29) is 29.7 Å². The highest BCUT2D eigenvalue weighted by Gasteiger charge is 2.45. The van der Waals surface area contributed by atoms with Crippen LogP contribution in [0.2, 0.25) is 0 Å². The number of phenolic OH excluding ortho intramolecular Hbond substituents is 1. The molecule has 116 valence electrons. The molecule has 3 heterocycles. The fourth-order valence-corrected chi connectivity index (χ4v) is 3.97. The Balaban J connectivity index is 1.87. The van der Waals surface area contributed by atoms with Crippen molar-refractivity contribution in [2.45, 2.75) is 25.0 Å². The Morgan fingerprint density at radius 2 is 1.52 bits per heavy atom. The monoisotopic (exact) mass is 309 g/mol. The highest BCUT2D eigenvalue weighted by atomic mass is 16.5. The van der Waals surface area contributed by atoms with Crippen molar-refractivity contribution in [3.8, 4) is 23.2 Å². The smallest absolute Gasteiger partial charge is 0.205 e. The maximum absolute atomic E-state index is 10.7. The largest absolute Gasteiger partial charge is 0.506 e. The summed E-state index contributed by atoms with van der Waals surface area (Å²) in [6, 6.07) is 10.9. The van der Waals surface area contributed by atoms with E-state index in [1.807, 2.05) is 30.3 Å². The van der Waals surface area contributed by atoms with Crippen molar-refractivity contribution in [1.29, 1.82) is 0 Å². The lowest BCUT2D eigenvalue weighted by molar-refractivity contribution is 0.0682. The van der Waals surface area contributed by atoms with E-state index < -0.39 is 0 Å². The van der Waals surface area contributed by atoms with E-state index in [2.05, 4.69) is 0 Å². The Morgan fingerprint density at radius 3 is 2.22 bits per heavy atom. The lowest BCUT2D eigenvalue weighted by Gasteiger charge is -2.14. The molecule has 2 atom stereocenters. The Bertz CT molecular complexity index is 926. The summed E-state index contributed by atoms with van der Waals surface area (Å²) >= 11 is 0. The minimum Gasteiger partial charge on any atom is -0.506 e. The second-order valence-electron chi connectivity index (χ2n) is 6.16. The molecule has 0 unspecified atom stereocenters. The van der Waals surface area contributed by atoms with Crippen molar-refractivity contribution in [1.82, 2.24) is 4.57 Å². The topological polar surface area (TPSA) is 74.9 Å². The number of fused-ring (bicyclic) bond motifs is 6. The zero-order valence-electron chi connectivity index (χ0n) is 12.2. The Hall–Kier alpha value is -2.66. The van der Waals surface area contributed by atoms with E-state index in [1.54, 1.807) is 6.07 Å². The average molecular weight is 309 g/mol. The van der Waals surface area contributed by atoms with Crippen LogP contribution >= 0.6 is 0 Å². The average Bonchev–Trinajstić information content (AvgIpc) is 3.23. The number of hydrogen-bond donors (Lipinski definition) is 3. The van der Waals surface area contributed by atoms with Crippen molar-refractivity contribution in [2.24, 2.45) is 0 Å². The number of aromatic nitrogens is 1. The Labute approximate surface area is 132 Å². The molecule has 2 aliphatic rings. The van der Waals surface area contributed by atoms with Crippen LogP contribution in [0.3, 0.4) is 0 Å². The first-order chi connectivity index (χ1) is 11.2. The summed E-state index contributed by atoms with van der Waals surface area (Å²) in [7, 11) is 0. The summed E-state index contributed by atoms with van der Waals surface area (Å²) in [6.45, 7) is 0. The number of benzene rings is 2. The second-order valence-corrected chi connectivity index (χ2v) is 6.16. The molecule has 2 aliphatic heterocycles. The number of hydrogen-bond acceptors (Lipinski definition) is 4. The van der Waals surface area contributed by atoms with Crippen LogP contribution in [0.25, 0.3) is 16.5 Å². The van der Waals surface area contributed by atoms with Crippen LogP contribution in [0, 0.1) is 0 Å². The maximum Gasteiger partial charge on any atom is 0.205 e. The van der Waals surface area contributed by atoms with Gasteiger partial charge in [0.2, 0.25) is 11.8 Å². The van der Waals surface area contributed by atoms with E-state index in [1.165, 1.54) is 4.57 Å². The molecule has 0 aliphatic carbocycles. The zero-order valence-corrected chi connectivity index (χ0v) is 12.2. The molecule has 2 bridgehead atoms. The van der Waals surface area contributed by atoms with Gasteiger partial charge in [0.1, 0.15) is 11.4 Å². The molecule has 2 aromatic carbocycles. The van der Waals surface area contributed by atoms with Crippen molar-refractivity contribution >= 4 is 10.8 Å². The van der Waals surface area contributed by atoms with Crippen LogP contribution in [-0.4, -0.2) is 19.9 Å². The number of ether oxygens (including phenoxy) is 1. The van der Waals surface area contributed by atoms with Gasteiger partial charge in [-0.25, -0.2) is 4.57 Å². The van der Waals surface area contributed by atoms with Gasteiger partial charge in [0.05, 0.1) is 23.3 Å². The summed E-state index contributed by atoms with van der Waals surface area (Å²) < 4.78 is 7.10. The predicted octanol–water partition coefficient (Wildman–Crippen LogP) is 3.65. The molecule has 0 amide bonds. The molecule has 5 heteroatoms. The highest BCUT2D eigenvalue weighted by Crippen LogP contribution is 2.59. The Morgan fingerprint density at radius 1 is 0.870 bits per heavy atom. The molecule has 0 saturated carbocycles. The molecular formula is C18H15NO4. The first kappa shape index (κ1) is 12.8. The van der Waals surface area contributed by atoms with Gasteiger partial charge < -0.3 is 20.1 Å². The number of rotatable bonds is 1. The maximum atomic E-state index is 10.7. The van der Waals surface area contributed by atoms with Gasteiger partial charge in [0, 0.05) is 5.39 Å². The molecule has 1 aromatic heterocycles. The number of nitrogens with zero attached hydrogens (tertiary/aromatic N) is 1. The van der Waals surface area contributed by atoms with Gasteiger partial charge in [0.25, 0.3) is 0 Å². The van der Waals surface area contributed by atoms with E-state index in [0.29, 0.717) is 16.8 Å². The molecule has 3 N–H and O–H groups in total. The molecule has 1 fully saturated rings. The first-order valence-corrected chi connectivity index (χ1v) is 7.69. The molecular weight excluding hydrogens is 294 g/mol. The van der Waals surface area contributed by atoms with Crippen molar-refractivity contribution in [2.75, 3.05) is 0 Å². The normalized spacial score (nSPS) is 21.9. The SMILES string of the molecule is Oc1ccc2ccccc2c1-n1c(O)c2c(c1O)[C@H]1CC[C@@H]2O1. The van der Waals surface area contributed by atoms with Crippen molar-refractivity contribution in [3.63, 3.8) is 0 Å². The standard InChI is InChI=1S/C18H15NO4/c20-11-6-5-9-3-1-2-4-10(9)16(11)19-17(21)14-12-7-8-13(23-12)15(14)18(19)22/h1-6,12-13,20-22H,7-8H2/t12-,13+. The van der Waals surface area contributed by atoms with Gasteiger partial charge in [-0.2, -0.15) is 0 Å². The molecule has 0 radical (unpaired) electrons. The van der Waals surface area contributed by atoms with E-state index in [0.717, 1.165) is 23.6 Å². The third kappa shape index (κ3) is 1.50. The molecule has 1 saturated heterocycles.